The highest BCUT2D eigenvalue weighted by atomic mass is 32.2. The summed E-state index contributed by atoms with van der Waals surface area (Å²) in [6.07, 6.45) is -1.02. The zero-order valence-corrected chi connectivity index (χ0v) is 26.8. The van der Waals surface area contributed by atoms with E-state index in [0.29, 0.717) is 10.9 Å². The van der Waals surface area contributed by atoms with Crippen LogP contribution in [0.4, 0.5) is 4.79 Å². The maximum Gasteiger partial charge on any atom is 0.325 e. The smallest absolute Gasteiger partial charge is 0.325 e. The predicted molar refractivity (Wildman–Crippen MR) is 171 cm³/mol. The van der Waals surface area contributed by atoms with Gasteiger partial charge in [0.2, 0.25) is 5.16 Å². The molecule has 0 aliphatic carbocycles. The number of amides is 2. The van der Waals surface area contributed by atoms with Crippen LogP contribution in [0, 0.1) is 5.92 Å². The minimum Gasteiger partial charge on any atom is -0.465 e. The summed E-state index contributed by atoms with van der Waals surface area (Å²) in [6.45, 7) is 4.14. The highest BCUT2D eigenvalue weighted by molar-refractivity contribution is 7.99. The first kappa shape index (κ1) is 33.1. The molecule has 0 bridgehead atoms. The first-order chi connectivity index (χ1) is 22.4. The molecular weight excluding hydrogens is 608 g/mol. The van der Waals surface area contributed by atoms with Crippen LogP contribution in [0.5, 0.6) is 0 Å². The molecule has 1 aliphatic heterocycles. The summed E-state index contributed by atoms with van der Waals surface area (Å²) in [6, 6.07) is 23.2. The van der Waals surface area contributed by atoms with Gasteiger partial charge in [-0.05, 0) is 45.2 Å². The first-order valence-electron chi connectivity index (χ1n) is 15.1. The molecule has 1 aliphatic rings. The van der Waals surface area contributed by atoms with E-state index in [1.165, 1.54) is 11.8 Å². The quantitative estimate of drug-likeness (QED) is 0.150. The van der Waals surface area contributed by atoms with E-state index in [2.05, 4.69) is 33.1 Å². The molecule has 242 valence electrons. The summed E-state index contributed by atoms with van der Waals surface area (Å²) in [7, 11) is 1.81. The van der Waals surface area contributed by atoms with Crippen LogP contribution in [0.1, 0.15) is 48.5 Å². The summed E-state index contributed by atoms with van der Waals surface area (Å²) in [4.78, 5) is 23.8. The second kappa shape index (κ2) is 15.8. The first-order valence-corrected chi connectivity index (χ1v) is 16.1. The Kier molecular flexibility index (Phi) is 11.4. The molecule has 12 nitrogen and oxygen atoms in total. The Morgan fingerprint density at radius 1 is 1.00 bits per heavy atom. The average Bonchev–Trinajstić information content (AvgIpc) is 3.50. The van der Waals surface area contributed by atoms with E-state index in [-0.39, 0.29) is 44.4 Å². The van der Waals surface area contributed by atoms with Crippen molar-refractivity contribution in [2.45, 2.75) is 50.7 Å². The Balaban J connectivity index is 1.31. The molecule has 46 heavy (non-hydrogen) atoms. The highest BCUT2D eigenvalue weighted by Crippen LogP contribution is 2.43. The number of urea groups is 1. The number of carbonyl (C=O) groups is 2. The summed E-state index contributed by atoms with van der Waals surface area (Å²) < 4.78 is 19.6. The van der Waals surface area contributed by atoms with Crippen LogP contribution in [-0.2, 0) is 39.2 Å². The van der Waals surface area contributed by atoms with Gasteiger partial charge in [0.1, 0.15) is 6.54 Å². The van der Waals surface area contributed by atoms with Crippen molar-refractivity contribution in [3.05, 3.63) is 95.1 Å². The van der Waals surface area contributed by atoms with Gasteiger partial charge < -0.3 is 30.0 Å². The number of nitrogens with one attached hydrogen (secondary N) is 2. The molecule has 4 unspecified atom stereocenters. The number of aromatic nitrogens is 4. The lowest BCUT2D eigenvalue weighted by atomic mass is 9.91. The van der Waals surface area contributed by atoms with Crippen molar-refractivity contribution in [1.82, 2.24) is 30.8 Å². The fourth-order valence-corrected chi connectivity index (χ4v) is 6.20. The summed E-state index contributed by atoms with van der Waals surface area (Å²) in [5.74, 6) is 0.169. The molecule has 13 heteroatoms. The molecular formula is C33H38N6O6S. The van der Waals surface area contributed by atoms with Crippen LogP contribution in [0.25, 0.3) is 11.1 Å². The Bertz CT molecular complexity index is 1600. The fraction of sp³-hybridized carbons (Fsp3) is 0.364. The molecule has 5 rings (SSSR count). The van der Waals surface area contributed by atoms with Crippen LogP contribution in [0.3, 0.4) is 0 Å². The van der Waals surface area contributed by atoms with Gasteiger partial charge in [0.05, 0.1) is 25.4 Å². The Morgan fingerprint density at radius 3 is 2.43 bits per heavy atom. The molecule has 0 radical (unpaired) electrons. The van der Waals surface area contributed by atoms with Crippen molar-refractivity contribution in [2.24, 2.45) is 13.0 Å². The topological polar surface area (TPSA) is 150 Å². The SMILES string of the molecule is CCOC(=O)CNC(=O)NCc1ccccc1-c1ccc(C2OC(CSc3nnnn3C)C(C)C(c3ccc(CO)cc3)O2)cc1. The van der Waals surface area contributed by atoms with Gasteiger partial charge in [-0.1, -0.05) is 91.5 Å². The number of aliphatic hydroxyl groups excluding tert-OH is 1. The summed E-state index contributed by atoms with van der Waals surface area (Å²) in [5, 5.41) is 27.3. The van der Waals surface area contributed by atoms with Gasteiger partial charge in [-0.25, -0.2) is 9.48 Å². The minimum absolute atomic E-state index is 0.0215. The number of carbonyl (C=O) groups excluding carboxylic acids is 2. The van der Waals surface area contributed by atoms with Gasteiger partial charge in [-0.15, -0.1) is 5.10 Å². The normalized spacial score (nSPS) is 19.4. The second-order valence-corrected chi connectivity index (χ2v) is 11.8. The number of rotatable bonds is 12. The number of esters is 1. The van der Waals surface area contributed by atoms with Crippen LogP contribution in [0.15, 0.2) is 78.0 Å². The maximum absolute atomic E-state index is 12.3. The van der Waals surface area contributed by atoms with E-state index in [1.54, 1.807) is 11.6 Å². The predicted octanol–water partition coefficient (Wildman–Crippen LogP) is 4.32. The zero-order valence-electron chi connectivity index (χ0n) is 26.0. The number of ether oxygens (including phenoxy) is 3. The number of hydrogen-bond donors (Lipinski definition) is 3. The third kappa shape index (κ3) is 8.29. The summed E-state index contributed by atoms with van der Waals surface area (Å²) in [5.41, 5.74) is 5.57. The molecule has 3 N–H and O–H groups in total. The van der Waals surface area contributed by atoms with Gasteiger partial charge in [0, 0.05) is 30.8 Å². The zero-order chi connectivity index (χ0) is 32.5. The monoisotopic (exact) mass is 646 g/mol. The lowest BCUT2D eigenvalue weighted by molar-refractivity contribution is -0.268. The van der Waals surface area contributed by atoms with E-state index in [4.69, 9.17) is 14.2 Å². The van der Waals surface area contributed by atoms with Crippen LogP contribution >= 0.6 is 11.8 Å². The van der Waals surface area contributed by atoms with Crippen molar-refractivity contribution in [1.29, 1.82) is 0 Å². The van der Waals surface area contributed by atoms with E-state index in [9.17, 15) is 14.7 Å². The van der Waals surface area contributed by atoms with Gasteiger partial charge in [-0.2, -0.15) is 0 Å². The third-order valence-corrected chi connectivity index (χ3v) is 8.83. The van der Waals surface area contributed by atoms with Crippen molar-refractivity contribution in [3.8, 4) is 11.1 Å². The molecule has 1 saturated heterocycles. The molecule has 2 amide bonds. The minimum atomic E-state index is -0.615. The summed E-state index contributed by atoms with van der Waals surface area (Å²) >= 11 is 1.53. The molecule has 3 aromatic carbocycles. The number of aryl methyl sites for hydroxylation is 1. The van der Waals surface area contributed by atoms with E-state index >= 15 is 0 Å². The molecule has 0 spiro atoms. The molecule has 4 atom stereocenters. The van der Waals surface area contributed by atoms with Crippen molar-refractivity contribution >= 4 is 23.8 Å². The molecule has 4 aromatic rings. The van der Waals surface area contributed by atoms with Gasteiger partial charge in [0.15, 0.2) is 6.29 Å². The number of hydrogen-bond acceptors (Lipinski definition) is 10. The fourth-order valence-electron chi connectivity index (χ4n) is 5.19. The van der Waals surface area contributed by atoms with Crippen molar-refractivity contribution < 1.29 is 28.9 Å². The van der Waals surface area contributed by atoms with Crippen molar-refractivity contribution in [2.75, 3.05) is 18.9 Å². The number of thioether (sulfide) groups is 1. The number of aliphatic hydroxyl groups is 1. The Morgan fingerprint density at radius 2 is 1.74 bits per heavy atom. The molecule has 0 saturated carbocycles. The standard InChI is InChI=1S/C33H38N6O6S/c1-4-43-29(41)18-35-32(42)34-17-26-7-5-6-8-27(26)23-13-15-25(16-14-23)31-44-28(20-46-33-36-37-38-39(33)3)21(2)30(45-31)24-11-9-22(19-40)10-12-24/h5-16,21,28,30-31,40H,4,17-20H2,1-3H3,(H2,34,35,42). The lowest BCUT2D eigenvalue weighted by Crippen LogP contribution is -2.38. The maximum atomic E-state index is 12.3. The third-order valence-electron chi connectivity index (χ3n) is 7.73. The second-order valence-electron chi connectivity index (χ2n) is 10.8. The molecule has 1 fully saturated rings. The lowest BCUT2D eigenvalue weighted by Gasteiger charge is -2.41. The highest BCUT2D eigenvalue weighted by Gasteiger charge is 2.38. The molecule has 1 aromatic heterocycles. The van der Waals surface area contributed by atoms with Crippen LogP contribution in [-0.4, -0.2) is 62.3 Å². The number of nitrogens with zero attached hydrogens (tertiary/aromatic N) is 4. The van der Waals surface area contributed by atoms with Crippen LogP contribution in [0.2, 0.25) is 0 Å². The van der Waals surface area contributed by atoms with Gasteiger partial charge >= 0.3 is 12.0 Å². The number of benzene rings is 3. The van der Waals surface area contributed by atoms with Gasteiger partial charge in [0.25, 0.3) is 0 Å². The Hall–Kier alpha value is -4.30. The van der Waals surface area contributed by atoms with Crippen LogP contribution < -0.4 is 10.6 Å². The average molecular weight is 647 g/mol. The Labute approximate surface area is 271 Å². The number of tetrazole rings is 1. The molecule has 2 heterocycles. The van der Waals surface area contributed by atoms with E-state index < -0.39 is 18.3 Å². The van der Waals surface area contributed by atoms with E-state index in [0.717, 1.165) is 33.4 Å². The largest absolute Gasteiger partial charge is 0.465 e. The van der Waals surface area contributed by atoms with Gasteiger partial charge in [-0.3, -0.25) is 4.79 Å². The van der Waals surface area contributed by atoms with Crippen molar-refractivity contribution in [3.63, 3.8) is 0 Å². The van der Waals surface area contributed by atoms with E-state index in [1.807, 2.05) is 79.8 Å².